The van der Waals surface area contributed by atoms with Crippen molar-refractivity contribution in [3.05, 3.63) is 0 Å². The third kappa shape index (κ3) is 18.1. The molecule has 0 aromatic heterocycles. The fourth-order valence-electron chi connectivity index (χ4n) is 6.38. The highest BCUT2D eigenvalue weighted by molar-refractivity contribution is 8.00. The molecule has 2 aliphatic rings. The topological polar surface area (TPSA) is 328 Å². The average Bonchev–Trinajstić information content (AvgIpc) is 3.72. The number of carbonyl (C=O) groups is 9. The molecule has 0 aliphatic carbocycles. The summed E-state index contributed by atoms with van der Waals surface area (Å²) < 4.78 is 0. The van der Waals surface area contributed by atoms with E-state index in [1.54, 1.807) is 0 Å². The van der Waals surface area contributed by atoms with Crippen LogP contribution in [0.15, 0.2) is 0 Å². The van der Waals surface area contributed by atoms with E-state index < -0.39 is 84.6 Å². The minimum absolute atomic E-state index is 0.0271. The Hall–Kier alpha value is -4.35. The first-order chi connectivity index (χ1) is 27.4. The van der Waals surface area contributed by atoms with E-state index in [2.05, 4.69) is 55.2 Å². The predicted molar refractivity (Wildman–Crippen MR) is 215 cm³/mol. The molecule has 0 saturated carbocycles. The van der Waals surface area contributed by atoms with E-state index in [0.29, 0.717) is 31.1 Å². The van der Waals surface area contributed by atoms with Gasteiger partial charge < -0.3 is 53.4 Å². The minimum atomic E-state index is -1.53. The Morgan fingerprint density at radius 3 is 2.17 bits per heavy atom. The lowest BCUT2D eigenvalue weighted by atomic mass is 9.92. The summed E-state index contributed by atoms with van der Waals surface area (Å²) in [5.41, 5.74) is 6.90. The molecular formula is C35H60N10O11S2. The molecule has 0 radical (unpaired) electrons. The molecule has 2 fully saturated rings. The number of aliphatic hydroxyl groups excluding tert-OH is 1. The van der Waals surface area contributed by atoms with E-state index in [1.165, 1.54) is 12.4 Å². The van der Waals surface area contributed by atoms with Crippen molar-refractivity contribution in [3.8, 4) is 0 Å². The van der Waals surface area contributed by atoms with Gasteiger partial charge in [0.1, 0.15) is 18.1 Å². The summed E-state index contributed by atoms with van der Waals surface area (Å²) in [6, 6.07) is -3.68. The van der Waals surface area contributed by atoms with Crippen LogP contribution >= 0.6 is 24.4 Å². The number of thioether (sulfide) groups is 1. The van der Waals surface area contributed by atoms with Crippen molar-refractivity contribution in [2.24, 2.45) is 17.6 Å². The molecule has 21 nitrogen and oxygen atoms in total. The zero-order valence-electron chi connectivity index (χ0n) is 33.1. The monoisotopic (exact) mass is 860 g/mol. The molecule has 13 N–H and O–H groups in total. The predicted octanol–water partition coefficient (Wildman–Crippen LogP) is -2.96. The van der Waals surface area contributed by atoms with E-state index in [1.807, 2.05) is 25.6 Å². The quantitative estimate of drug-likeness (QED) is 0.0130. The molecule has 0 spiro atoms. The summed E-state index contributed by atoms with van der Waals surface area (Å²) in [6.07, 6.45) is 2.50. The highest BCUT2D eigenvalue weighted by atomic mass is 32.2. The molecule has 0 aromatic carbocycles. The van der Waals surface area contributed by atoms with Crippen LogP contribution in [0.4, 0.5) is 4.79 Å². The second-order valence-electron chi connectivity index (χ2n) is 14.8. The van der Waals surface area contributed by atoms with E-state index >= 15 is 0 Å². The minimum Gasteiger partial charge on any atom is -0.391 e. The first-order valence-electron chi connectivity index (χ1n) is 19.4. The van der Waals surface area contributed by atoms with E-state index in [0.717, 1.165) is 25.0 Å². The van der Waals surface area contributed by atoms with Gasteiger partial charge in [-0.3, -0.25) is 43.6 Å². The van der Waals surface area contributed by atoms with Crippen LogP contribution in [-0.4, -0.2) is 136 Å². The Morgan fingerprint density at radius 2 is 1.53 bits per heavy atom. The summed E-state index contributed by atoms with van der Waals surface area (Å²) in [6.45, 7) is 4.09. The fourth-order valence-corrected chi connectivity index (χ4v) is 8.18. The summed E-state index contributed by atoms with van der Waals surface area (Å²) in [4.78, 5) is 111. The second-order valence-corrected chi connectivity index (χ2v) is 16.4. The van der Waals surface area contributed by atoms with Crippen molar-refractivity contribution in [3.63, 3.8) is 0 Å². The molecule has 2 saturated heterocycles. The van der Waals surface area contributed by atoms with Crippen LogP contribution in [0, 0.1) is 11.8 Å². The van der Waals surface area contributed by atoms with Crippen LogP contribution in [0.5, 0.6) is 0 Å². The van der Waals surface area contributed by atoms with Crippen LogP contribution in [-0.2, 0) is 38.4 Å². The number of thiol groups is 1. The van der Waals surface area contributed by atoms with E-state index in [9.17, 15) is 48.3 Å². The molecule has 0 aromatic rings. The summed E-state index contributed by atoms with van der Waals surface area (Å²) in [5, 5.41) is 39.9. The Bertz CT molecular complexity index is 1460. The zero-order chi connectivity index (χ0) is 43.4. The number of urea groups is 1. The smallest absolute Gasteiger partial charge is 0.315 e. The number of carbonyl (C=O) groups excluding carboxylic acids is 9. The van der Waals surface area contributed by atoms with E-state index in [4.69, 9.17) is 10.9 Å². The van der Waals surface area contributed by atoms with Gasteiger partial charge in [0.25, 0.3) is 0 Å². The van der Waals surface area contributed by atoms with Crippen LogP contribution in [0.2, 0.25) is 0 Å². The lowest BCUT2D eigenvalue weighted by molar-refractivity contribution is -0.138. The molecule has 58 heavy (non-hydrogen) atoms. The standard InChI is InChI=1S/C35H60N10O11S2/c1-18(2)12-20(13-26(48)45-56)32(52)43-29(19(3)46)34(54)41-22(16-57)33(53)39-14-27(49)38-15-28(50)40-21(31(36)51)8-6-7-11-37-25(47)10-5-4-9-24-30-23(17-58-24)42-35(55)44-30/h18-24,29-30,46,56-57H,4-17H2,1-3H3,(H2,36,51)(H,37,47)(H,38,49)(H,39,53)(H,40,50)(H,41,54)(H,43,52)(H,45,48)(H2,42,44,55)/t19-,20?,21+,22+,23+,24+,29+,30+/m1/s1. The van der Waals surface area contributed by atoms with Crippen LogP contribution in [0.3, 0.4) is 0 Å². The number of rotatable bonds is 27. The Kier molecular flexibility index (Phi) is 22.2. The third-order valence-corrected chi connectivity index (χ3v) is 11.3. The Labute approximate surface area is 347 Å². The van der Waals surface area contributed by atoms with Crippen LogP contribution < -0.4 is 53.7 Å². The average molecular weight is 861 g/mol. The first-order valence-corrected chi connectivity index (χ1v) is 21.0. The van der Waals surface area contributed by atoms with Gasteiger partial charge in [0.15, 0.2) is 0 Å². The highest BCUT2D eigenvalue weighted by Crippen LogP contribution is 2.33. The van der Waals surface area contributed by atoms with Crippen molar-refractivity contribution in [2.45, 2.75) is 120 Å². The molecule has 328 valence electrons. The van der Waals surface area contributed by atoms with Gasteiger partial charge in [-0.1, -0.05) is 20.3 Å². The van der Waals surface area contributed by atoms with Gasteiger partial charge in [-0.2, -0.15) is 24.4 Å². The molecule has 1 unspecified atom stereocenters. The fraction of sp³-hybridized carbons (Fsp3) is 0.743. The lowest BCUT2D eigenvalue weighted by Crippen LogP contribution is -2.58. The molecule has 2 heterocycles. The van der Waals surface area contributed by atoms with Gasteiger partial charge in [-0.05, 0) is 51.4 Å². The van der Waals surface area contributed by atoms with Gasteiger partial charge in [-0.15, -0.1) is 0 Å². The number of primary amides is 1. The normalized spacial score (nSPS) is 19.5. The van der Waals surface area contributed by atoms with E-state index in [-0.39, 0.29) is 55.0 Å². The number of nitrogens with two attached hydrogens (primary N) is 1. The van der Waals surface area contributed by atoms with Gasteiger partial charge in [0.05, 0.1) is 31.3 Å². The molecular weight excluding hydrogens is 801 g/mol. The second kappa shape index (κ2) is 25.9. The SMILES string of the molecule is CC(C)CC(CC(=O)NO)C(=O)N[C@H](C(=O)N[C@@H](CS)C(=O)NCC(=O)NCC(=O)N[C@@H](CCCCNC(=O)CCCC[C@@H]1SC[C@@H]2NC(=O)N[C@@H]21)C(N)=O)[C@@H](C)O. The van der Waals surface area contributed by atoms with Gasteiger partial charge in [0.2, 0.25) is 47.3 Å². The molecule has 10 amide bonds. The van der Waals surface area contributed by atoms with Crippen LogP contribution in [0.1, 0.15) is 78.6 Å². The third-order valence-electron chi connectivity index (χ3n) is 9.43. The Balaban J connectivity index is 1.67. The van der Waals surface area contributed by atoms with Gasteiger partial charge in [-0.25, -0.2) is 10.3 Å². The lowest BCUT2D eigenvalue weighted by Gasteiger charge is -2.26. The molecule has 2 aliphatic heterocycles. The largest absolute Gasteiger partial charge is 0.391 e. The highest BCUT2D eigenvalue weighted by Gasteiger charge is 2.42. The molecule has 8 atom stereocenters. The Morgan fingerprint density at radius 1 is 0.828 bits per heavy atom. The summed E-state index contributed by atoms with van der Waals surface area (Å²) >= 11 is 5.90. The maximum absolute atomic E-state index is 13.0. The van der Waals surface area contributed by atoms with Crippen molar-refractivity contribution < 1.29 is 53.5 Å². The zero-order valence-corrected chi connectivity index (χ0v) is 34.8. The van der Waals surface area contributed by atoms with Crippen molar-refractivity contribution >= 4 is 77.7 Å². The number of hydrogen-bond donors (Lipinski definition) is 13. The number of fused-ring (bicyclic) bond motifs is 1. The van der Waals surface area contributed by atoms with Crippen molar-refractivity contribution in [1.82, 2.24) is 48.0 Å². The molecule has 2 rings (SSSR count). The number of hydroxylamine groups is 1. The summed E-state index contributed by atoms with van der Waals surface area (Å²) in [5.74, 6) is -5.99. The van der Waals surface area contributed by atoms with Crippen molar-refractivity contribution in [2.75, 3.05) is 31.1 Å². The number of aliphatic hydroxyl groups is 1. The van der Waals surface area contributed by atoms with Gasteiger partial charge >= 0.3 is 6.03 Å². The first kappa shape index (κ1) is 49.8. The number of nitrogens with one attached hydrogen (secondary N) is 9. The molecule has 0 bridgehead atoms. The maximum atomic E-state index is 13.0. The van der Waals surface area contributed by atoms with Crippen molar-refractivity contribution in [1.29, 1.82) is 0 Å². The number of amides is 10. The van der Waals surface area contributed by atoms with Gasteiger partial charge in [0, 0.05) is 42.1 Å². The number of unbranched alkanes of at least 4 members (excludes halogenated alkanes) is 2. The molecule has 23 heteroatoms. The van der Waals surface area contributed by atoms with Crippen LogP contribution in [0.25, 0.3) is 0 Å². The maximum Gasteiger partial charge on any atom is 0.315 e. The number of hydrogen-bond acceptors (Lipinski definition) is 13. The summed E-state index contributed by atoms with van der Waals surface area (Å²) in [7, 11) is 0.